The Labute approximate surface area is 150 Å². The summed E-state index contributed by atoms with van der Waals surface area (Å²) in [6, 6.07) is 12.3. The zero-order valence-electron chi connectivity index (χ0n) is 14.9. The second kappa shape index (κ2) is 7.63. The highest BCUT2D eigenvalue weighted by Gasteiger charge is 2.11. The molecular formula is C21H26N2S. The van der Waals surface area contributed by atoms with Crippen LogP contribution in [0.1, 0.15) is 37.5 Å². The number of rotatable bonds is 6. The van der Waals surface area contributed by atoms with Gasteiger partial charge in [0.25, 0.3) is 0 Å². The van der Waals surface area contributed by atoms with E-state index in [-0.39, 0.29) is 0 Å². The van der Waals surface area contributed by atoms with E-state index in [9.17, 15) is 0 Å². The molecule has 3 N–H and O–H groups in total. The second-order valence-corrected chi connectivity index (χ2v) is 7.26. The fourth-order valence-corrected chi connectivity index (χ4v) is 2.84. The minimum atomic E-state index is 0.588. The molecule has 0 radical (unpaired) electrons. The summed E-state index contributed by atoms with van der Waals surface area (Å²) in [5.74, 6) is 0.588. The first-order chi connectivity index (χ1) is 11.3. The highest BCUT2D eigenvalue weighted by molar-refractivity contribution is 7.80. The van der Waals surface area contributed by atoms with E-state index in [1.54, 1.807) is 0 Å². The molecule has 0 spiro atoms. The molecule has 126 valence electrons. The Morgan fingerprint density at radius 2 is 1.83 bits per heavy atom. The molecule has 24 heavy (non-hydrogen) atoms. The van der Waals surface area contributed by atoms with E-state index in [4.69, 9.17) is 18.0 Å². The van der Waals surface area contributed by atoms with Crippen molar-refractivity contribution in [2.75, 3.05) is 12.3 Å². The van der Waals surface area contributed by atoms with Gasteiger partial charge in [0.1, 0.15) is 0 Å². The van der Waals surface area contributed by atoms with Gasteiger partial charge < -0.3 is 11.1 Å². The summed E-state index contributed by atoms with van der Waals surface area (Å²) in [7, 11) is 0. The molecule has 2 nitrogen and oxygen atoms in total. The maximum atomic E-state index is 5.92. The van der Waals surface area contributed by atoms with E-state index < -0.39 is 0 Å². The molecule has 0 unspecified atom stereocenters. The molecule has 0 fully saturated rings. The lowest BCUT2D eigenvalue weighted by atomic mass is 9.92. The fraction of sp³-hybridized carbons (Fsp3) is 0.286. The minimum absolute atomic E-state index is 0.588. The average molecular weight is 339 g/mol. The van der Waals surface area contributed by atoms with Crippen LogP contribution in [0.3, 0.4) is 0 Å². The van der Waals surface area contributed by atoms with Crippen molar-refractivity contribution in [1.29, 1.82) is 0 Å². The maximum Gasteiger partial charge on any atom is 0.0340 e. The number of hydrogen-bond donors (Lipinski definition) is 2. The van der Waals surface area contributed by atoms with E-state index >= 15 is 0 Å². The SMILES string of the molecule is C=C(NCC(C)C)c1ccc(-c2ccc(N)cc2C(C)=S)c(C)c1. The van der Waals surface area contributed by atoms with Crippen molar-refractivity contribution in [3.05, 3.63) is 59.7 Å². The molecule has 0 aromatic heterocycles. The Bertz CT molecular complexity index is 775. The lowest BCUT2D eigenvalue weighted by Crippen LogP contribution is -2.17. The highest BCUT2D eigenvalue weighted by Crippen LogP contribution is 2.30. The van der Waals surface area contributed by atoms with E-state index in [0.29, 0.717) is 5.92 Å². The monoisotopic (exact) mass is 338 g/mol. The van der Waals surface area contributed by atoms with Gasteiger partial charge in [-0.1, -0.05) is 50.8 Å². The van der Waals surface area contributed by atoms with Crippen LogP contribution < -0.4 is 11.1 Å². The van der Waals surface area contributed by atoms with Gasteiger partial charge in [-0.2, -0.15) is 0 Å². The number of nitrogen functional groups attached to an aromatic ring is 1. The number of hydrogen-bond acceptors (Lipinski definition) is 3. The summed E-state index contributed by atoms with van der Waals surface area (Å²) in [6.45, 7) is 13.5. The van der Waals surface area contributed by atoms with Crippen molar-refractivity contribution in [3.8, 4) is 11.1 Å². The molecule has 0 saturated heterocycles. The summed E-state index contributed by atoms with van der Waals surface area (Å²) in [6.07, 6.45) is 0. The summed E-state index contributed by atoms with van der Waals surface area (Å²) < 4.78 is 0. The summed E-state index contributed by atoms with van der Waals surface area (Å²) >= 11 is 5.40. The molecule has 2 aromatic carbocycles. The van der Waals surface area contributed by atoms with Crippen molar-refractivity contribution < 1.29 is 0 Å². The first kappa shape index (κ1) is 18.2. The third kappa shape index (κ3) is 4.24. The van der Waals surface area contributed by atoms with E-state index in [1.165, 1.54) is 11.1 Å². The zero-order chi connectivity index (χ0) is 17.9. The number of thiocarbonyl (C=S) groups is 1. The van der Waals surface area contributed by atoms with Crippen LogP contribution in [0.4, 0.5) is 5.69 Å². The zero-order valence-corrected chi connectivity index (χ0v) is 15.8. The minimum Gasteiger partial charge on any atom is -0.399 e. The summed E-state index contributed by atoms with van der Waals surface area (Å²) in [4.78, 5) is 0.851. The molecule has 0 aliphatic carbocycles. The molecule has 0 aliphatic rings. The Morgan fingerprint density at radius 3 is 2.42 bits per heavy atom. The molecule has 0 heterocycles. The molecule has 0 amide bonds. The van der Waals surface area contributed by atoms with Crippen LogP contribution in [0.2, 0.25) is 0 Å². The van der Waals surface area contributed by atoms with Crippen molar-refractivity contribution in [2.45, 2.75) is 27.7 Å². The first-order valence-corrected chi connectivity index (χ1v) is 8.65. The summed E-state index contributed by atoms with van der Waals surface area (Å²) in [5.41, 5.74) is 13.3. The number of anilines is 1. The maximum absolute atomic E-state index is 5.92. The van der Waals surface area contributed by atoms with Gasteiger partial charge in [0.2, 0.25) is 0 Å². The molecule has 2 rings (SSSR count). The lowest BCUT2D eigenvalue weighted by molar-refractivity contribution is 0.618. The molecule has 2 aromatic rings. The van der Waals surface area contributed by atoms with Crippen LogP contribution in [0.25, 0.3) is 16.8 Å². The Balaban J connectivity index is 2.38. The largest absolute Gasteiger partial charge is 0.399 e. The molecule has 0 aliphatic heterocycles. The van der Waals surface area contributed by atoms with Gasteiger partial charge in [0, 0.05) is 22.8 Å². The second-order valence-electron chi connectivity index (χ2n) is 6.64. The number of nitrogens with two attached hydrogens (primary N) is 1. The van der Waals surface area contributed by atoms with E-state index in [0.717, 1.165) is 39.5 Å². The van der Waals surface area contributed by atoms with Gasteiger partial charge >= 0.3 is 0 Å². The van der Waals surface area contributed by atoms with Crippen molar-refractivity contribution in [1.82, 2.24) is 5.32 Å². The quantitative estimate of drug-likeness (QED) is 0.432. The average Bonchev–Trinajstić information content (AvgIpc) is 2.52. The molecule has 0 atom stereocenters. The predicted molar refractivity (Wildman–Crippen MR) is 110 cm³/mol. The molecular weight excluding hydrogens is 312 g/mol. The smallest absolute Gasteiger partial charge is 0.0340 e. The Morgan fingerprint density at radius 1 is 1.17 bits per heavy atom. The summed E-state index contributed by atoms with van der Waals surface area (Å²) in [5, 5.41) is 3.39. The van der Waals surface area contributed by atoms with Gasteiger partial charge in [0.05, 0.1) is 0 Å². The molecule has 3 heteroatoms. The predicted octanol–water partition coefficient (Wildman–Crippen LogP) is 5.20. The number of aryl methyl sites for hydroxylation is 1. The third-order valence-corrected chi connectivity index (χ3v) is 4.23. The van der Waals surface area contributed by atoms with Crippen LogP contribution in [0.5, 0.6) is 0 Å². The van der Waals surface area contributed by atoms with Crippen molar-refractivity contribution in [3.63, 3.8) is 0 Å². The van der Waals surface area contributed by atoms with E-state index in [1.807, 2.05) is 25.1 Å². The third-order valence-electron chi connectivity index (χ3n) is 4.01. The van der Waals surface area contributed by atoms with Crippen LogP contribution in [-0.2, 0) is 0 Å². The van der Waals surface area contributed by atoms with Crippen LogP contribution >= 0.6 is 12.2 Å². The Kier molecular flexibility index (Phi) is 5.79. The lowest BCUT2D eigenvalue weighted by Gasteiger charge is -2.16. The number of nitrogens with one attached hydrogen (secondary N) is 1. The van der Waals surface area contributed by atoms with Gasteiger partial charge in [0.15, 0.2) is 0 Å². The fourth-order valence-electron chi connectivity index (χ4n) is 2.67. The van der Waals surface area contributed by atoms with Gasteiger partial charge in [-0.25, -0.2) is 0 Å². The normalized spacial score (nSPS) is 10.7. The molecule has 0 saturated carbocycles. The van der Waals surface area contributed by atoms with Gasteiger partial charge in [-0.3, -0.25) is 0 Å². The highest BCUT2D eigenvalue weighted by atomic mass is 32.1. The van der Waals surface area contributed by atoms with E-state index in [2.05, 4.69) is 50.9 Å². The first-order valence-electron chi connectivity index (χ1n) is 8.24. The van der Waals surface area contributed by atoms with Gasteiger partial charge in [-0.15, -0.1) is 0 Å². The van der Waals surface area contributed by atoms with Crippen LogP contribution in [0, 0.1) is 12.8 Å². The van der Waals surface area contributed by atoms with Crippen LogP contribution in [-0.4, -0.2) is 11.4 Å². The van der Waals surface area contributed by atoms with Crippen LogP contribution in [0.15, 0.2) is 43.0 Å². The van der Waals surface area contributed by atoms with Crippen molar-refractivity contribution in [2.24, 2.45) is 5.92 Å². The van der Waals surface area contributed by atoms with Crippen molar-refractivity contribution >= 4 is 28.5 Å². The standard InChI is InChI=1S/C21H26N2S/c1-13(2)12-23-15(4)17-6-8-19(14(3)10-17)20-9-7-18(22)11-21(20)16(5)24/h6-11,13,23H,4,12,22H2,1-3,5H3. The number of benzene rings is 2. The van der Waals surface area contributed by atoms with Gasteiger partial charge in [-0.05, 0) is 65.8 Å². The topological polar surface area (TPSA) is 38.0 Å². The Hall–Kier alpha value is -2.13. The molecule has 0 bridgehead atoms.